The van der Waals surface area contributed by atoms with Gasteiger partial charge in [0.25, 0.3) is 5.56 Å². The molecule has 1 aliphatic heterocycles. The minimum atomic E-state index is -0.162. The summed E-state index contributed by atoms with van der Waals surface area (Å²) < 4.78 is 6.88. The van der Waals surface area contributed by atoms with Crippen molar-refractivity contribution >= 4 is 17.7 Å². The second kappa shape index (κ2) is 10.9. The number of hydrogen-bond acceptors (Lipinski definition) is 7. The van der Waals surface area contributed by atoms with Gasteiger partial charge in [0.2, 0.25) is 11.7 Å². The maximum absolute atomic E-state index is 14.2. The van der Waals surface area contributed by atoms with E-state index in [1.54, 1.807) is 17.6 Å². The van der Waals surface area contributed by atoms with Gasteiger partial charge in [0.15, 0.2) is 0 Å². The van der Waals surface area contributed by atoms with Gasteiger partial charge in [-0.3, -0.25) is 9.36 Å². The normalized spacial score (nSPS) is 14.8. The van der Waals surface area contributed by atoms with Crippen molar-refractivity contribution in [3.63, 3.8) is 0 Å². The molecule has 0 unspecified atom stereocenters. The van der Waals surface area contributed by atoms with Gasteiger partial charge < -0.3 is 15.6 Å². The van der Waals surface area contributed by atoms with Crippen LogP contribution in [-0.4, -0.2) is 20.7 Å². The van der Waals surface area contributed by atoms with Crippen molar-refractivity contribution in [1.29, 1.82) is 0 Å². The number of nitrogens with zero attached hydrogens (tertiary/aromatic N) is 4. The summed E-state index contributed by atoms with van der Waals surface area (Å²) in [4.78, 5) is 23.6. The van der Waals surface area contributed by atoms with E-state index in [9.17, 15) is 4.79 Å². The number of aryl methyl sites for hydroxylation is 1. The molecule has 0 amide bonds. The van der Waals surface area contributed by atoms with E-state index >= 15 is 0 Å². The van der Waals surface area contributed by atoms with Crippen LogP contribution >= 0.6 is 11.6 Å². The standard InChI is InChI=1S/C31H31ClN6O2/c1-3-21-7-8-23-14-26(25-12-9-22(15-27(25)32)29-34-18(2)40-37-29)31(39)38(17-20-6-4-5-19(13-20)16-33)30(23)36-28(21)35-24-10-11-24/h4-6,8-9,12-15,24,35H,3,7,10-11,16-17,33H2,1-2H3. The van der Waals surface area contributed by atoms with Crippen molar-refractivity contribution in [1.82, 2.24) is 20.0 Å². The second-order valence-corrected chi connectivity index (χ2v) is 10.7. The molecule has 0 spiro atoms. The van der Waals surface area contributed by atoms with E-state index in [1.807, 2.05) is 42.5 Å². The first-order valence-electron chi connectivity index (χ1n) is 13.6. The third-order valence-electron chi connectivity index (χ3n) is 7.37. The van der Waals surface area contributed by atoms with Gasteiger partial charge in [0.1, 0.15) is 11.3 Å². The topological polar surface area (TPSA) is 111 Å². The van der Waals surface area contributed by atoms with Gasteiger partial charge in [-0.15, -0.1) is 0 Å². The minimum absolute atomic E-state index is 0.162. The smallest absolute Gasteiger partial charge is 0.260 e. The zero-order chi connectivity index (χ0) is 27.8. The van der Waals surface area contributed by atoms with Crippen LogP contribution in [0.25, 0.3) is 28.6 Å². The van der Waals surface area contributed by atoms with Crippen molar-refractivity contribution in [2.75, 3.05) is 0 Å². The van der Waals surface area contributed by atoms with Gasteiger partial charge in [0.05, 0.1) is 6.54 Å². The lowest BCUT2D eigenvalue weighted by Gasteiger charge is -2.14. The Bertz CT molecular complexity index is 1820. The summed E-state index contributed by atoms with van der Waals surface area (Å²) in [5, 5.41) is 8.93. The number of fused-ring (bicyclic) bond motifs is 1. The first kappa shape index (κ1) is 26.2. The summed E-state index contributed by atoms with van der Waals surface area (Å²) in [5.74, 6) is 1.80. The van der Waals surface area contributed by atoms with E-state index in [1.165, 1.54) is 5.57 Å². The molecule has 40 heavy (non-hydrogen) atoms. The molecule has 2 aromatic heterocycles. The van der Waals surface area contributed by atoms with Crippen LogP contribution in [0.5, 0.6) is 0 Å². The van der Waals surface area contributed by atoms with E-state index in [0.29, 0.717) is 58.0 Å². The van der Waals surface area contributed by atoms with Crippen molar-refractivity contribution in [2.24, 2.45) is 10.7 Å². The first-order chi connectivity index (χ1) is 19.4. The summed E-state index contributed by atoms with van der Waals surface area (Å²) in [5.41, 5.74) is 11.5. The van der Waals surface area contributed by atoms with Gasteiger partial charge >= 0.3 is 0 Å². The zero-order valence-corrected chi connectivity index (χ0v) is 23.3. The maximum Gasteiger partial charge on any atom is 0.260 e. The number of nitrogens with two attached hydrogens (primary N) is 1. The zero-order valence-electron chi connectivity index (χ0n) is 22.6. The molecule has 0 saturated heterocycles. The molecule has 0 bridgehead atoms. The van der Waals surface area contributed by atoms with Crippen LogP contribution < -0.4 is 27.3 Å². The summed E-state index contributed by atoms with van der Waals surface area (Å²) in [6, 6.07) is 15.8. The maximum atomic E-state index is 14.2. The summed E-state index contributed by atoms with van der Waals surface area (Å²) >= 11 is 6.79. The molecule has 0 atom stereocenters. The lowest BCUT2D eigenvalue weighted by Crippen LogP contribution is -2.44. The van der Waals surface area contributed by atoms with Gasteiger partial charge in [-0.25, -0.2) is 4.99 Å². The molecule has 204 valence electrons. The number of aromatic nitrogens is 3. The third kappa shape index (κ3) is 5.24. The van der Waals surface area contributed by atoms with Gasteiger partial charge in [0, 0.05) is 46.4 Å². The van der Waals surface area contributed by atoms with Crippen molar-refractivity contribution < 1.29 is 4.52 Å². The van der Waals surface area contributed by atoms with E-state index in [0.717, 1.165) is 47.8 Å². The predicted molar refractivity (Wildman–Crippen MR) is 156 cm³/mol. The Labute approximate surface area is 236 Å². The fraction of sp³-hybridized carbons (Fsp3) is 0.290. The highest BCUT2D eigenvalue weighted by atomic mass is 35.5. The van der Waals surface area contributed by atoms with E-state index in [2.05, 4.69) is 28.5 Å². The molecule has 9 heteroatoms. The Kier molecular flexibility index (Phi) is 7.12. The molecule has 1 saturated carbocycles. The molecule has 0 radical (unpaired) electrons. The van der Waals surface area contributed by atoms with E-state index in [-0.39, 0.29) is 5.56 Å². The van der Waals surface area contributed by atoms with Crippen molar-refractivity contribution in [2.45, 2.75) is 58.7 Å². The average molecular weight is 555 g/mol. The molecule has 6 rings (SSSR count). The van der Waals surface area contributed by atoms with Gasteiger partial charge in [-0.05, 0) is 54.5 Å². The molecule has 3 heterocycles. The largest absolute Gasteiger partial charge is 0.367 e. The monoisotopic (exact) mass is 554 g/mol. The summed E-state index contributed by atoms with van der Waals surface area (Å²) in [7, 11) is 0. The number of pyridine rings is 1. The van der Waals surface area contributed by atoms with Crippen molar-refractivity contribution in [3.05, 3.63) is 103 Å². The number of rotatable bonds is 8. The molecule has 2 aliphatic rings. The lowest BCUT2D eigenvalue weighted by atomic mass is 10.0. The Balaban J connectivity index is 1.54. The molecule has 1 fully saturated rings. The van der Waals surface area contributed by atoms with Gasteiger partial charge in [-0.1, -0.05) is 66.2 Å². The number of halogens is 1. The first-order valence-corrected chi connectivity index (χ1v) is 14.0. The Hall–Kier alpha value is -4.01. The number of benzene rings is 2. The SMILES string of the molecule is CCC1=C(NC2CC2)N=c2c(cc(-c3ccc(-c4noc(C)n4)cc3Cl)c(=O)n2Cc2cccc(CN)c2)=CC1. The second-order valence-electron chi connectivity index (χ2n) is 10.3. The fourth-order valence-electron chi connectivity index (χ4n) is 5.00. The molecule has 3 N–H and O–H groups in total. The van der Waals surface area contributed by atoms with Crippen LogP contribution in [0.3, 0.4) is 0 Å². The predicted octanol–water partition coefficient (Wildman–Crippen LogP) is 4.21. The highest BCUT2D eigenvalue weighted by Crippen LogP contribution is 2.30. The molecule has 1 aliphatic carbocycles. The lowest BCUT2D eigenvalue weighted by molar-refractivity contribution is 0.394. The minimum Gasteiger partial charge on any atom is -0.367 e. The van der Waals surface area contributed by atoms with Crippen LogP contribution in [0.2, 0.25) is 5.02 Å². The number of allylic oxidation sites excluding steroid dienone is 1. The molecule has 2 aromatic carbocycles. The van der Waals surface area contributed by atoms with Crippen LogP contribution in [0.1, 0.15) is 49.6 Å². The third-order valence-corrected chi connectivity index (χ3v) is 7.68. The summed E-state index contributed by atoms with van der Waals surface area (Å²) in [6.07, 6.45) is 6.08. The van der Waals surface area contributed by atoms with Crippen molar-refractivity contribution in [3.8, 4) is 22.5 Å². The van der Waals surface area contributed by atoms with Crippen LogP contribution in [0.15, 0.2) is 74.2 Å². The highest BCUT2D eigenvalue weighted by Gasteiger charge is 2.24. The number of nitrogens with one attached hydrogen (secondary N) is 1. The van der Waals surface area contributed by atoms with Gasteiger partial charge in [-0.2, -0.15) is 4.98 Å². The molecule has 4 aromatic rings. The Morgan fingerprint density at radius 1 is 1.12 bits per heavy atom. The van der Waals surface area contributed by atoms with E-state index < -0.39 is 0 Å². The number of hydrogen-bond donors (Lipinski definition) is 2. The molecular formula is C31H31ClN6O2. The molecular weight excluding hydrogens is 524 g/mol. The summed E-state index contributed by atoms with van der Waals surface area (Å²) in [6.45, 7) is 4.67. The molecule has 8 nitrogen and oxygen atoms in total. The Morgan fingerprint density at radius 2 is 1.95 bits per heavy atom. The Morgan fingerprint density at radius 3 is 2.65 bits per heavy atom. The van der Waals surface area contributed by atoms with Crippen LogP contribution in [-0.2, 0) is 13.1 Å². The highest BCUT2D eigenvalue weighted by molar-refractivity contribution is 6.33. The van der Waals surface area contributed by atoms with E-state index in [4.69, 9.17) is 26.9 Å². The van der Waals surface area contributed by atoms with Crippen LogP contribution in [0, 0.1) is 6.92 Å². The fourth-order valence-corrected chi connectivity index (χ4v) is 5.28. The average Bonchev–Trinajstić information content (AvgIpc) is 3.71. The van der Waals surface area contributed by atoms with Crippen LogP contribution in [0.4, 0.5) is 0 Å². The quantitative estimate of drug-likeness (QED) is 0.337.